The third kappa shape index (κ3) is 2.89. The van der Waals surface area contributed by atoms with Crippen LogP contribution in [0, 0.1) is 5.92 Å². The highest BCUT2D eigenvalue weighted by molar-refractivity contribution is 5.87. The Labute approximate surface area is 104 Å². The third-order valence-electron chi connectivity index (χ3n) is 4.05. The van der Waals surface area contributed by atoms with Crippen molar-refractivity contribution < 1.29 is 4.79 Å². The fourth-order valence-corrected chi connectivity index (χ4v) is 2.52. The molecule has 0 atom stereocenters. The highest BCUT2D eigenvalue weighted by Crippen LogP contribution is 2.30. The Balaban J connectivity index is 0.00000128. The lowest BCUT2D eigenvalue weighted by Crippen LogP contribution is -2.60. The van der Waals surface area contributed by atoms with Crippen LogP contribution in [0.25, 0.3) is 0 Å². The van der Waals surface area contributed by atoms with E-state index in [4.69, 9.17) is 5.73 Å². The Morgan fingerprint density at radius 3 is 2.25 bits per heavy atom. The van der Waals surface area contributed by atoms with Crippen LogP contribution >= 0.6 is 12.4 Å². The minimum absolute atomic E-state index is 0. The van der Waals surface area contributed by atoms with Crippen molar-refractivity contribution in [1.82, 2.24) is 5.32 Å². The smallest absolute Gasteiger partial charge is 0.240 e. The van der Waals surface area contributed by atoms with E-state index in [0.717, 1.165) is 38.0 Å². The summed E-state index contributed by atoms with van der Waals surface area (Å²) in [6, 6.07) is 0.384. The molecule has 0 radical (unpaired) electrons. The first-order valence-corrected chi connectivity index (χ1v) is 6.20. The molecule has 0 aromatic rings. The van der Waals surface area contributed by atoms with Crippen LogP contribution in [0.1, 0.15) is 51.9 Å². The summed E-state index contributed by atoms with van der Waals surface area (Å²) in [5, 5.41) is 3.12. The van der Waals surface area contributed by atoms with Gasteiger partial charge in [-0.25, -0.2) is 0 Å². The molecule has 0 bridgehead atoms. The summed E-state index contributed by atoms with van der Waals surface area (Å²) in [5.41, 5.74) is 5.45. The topological polar surface area (TPSA) is 55.1 Å². The molecule has 2 fully saturated rings. The molecule has 3 nitrogen and oxygen atoms in total. The zero-order chi connectivity index (χ0) is 10.9. The van der Waals surface area contributed by atoms with Gasteiger partial charge in [-0.2, -0.15) is 0 Å². The summed E-state index contributed by atoms with van der Waals surface area (Å²) < 4.78 is 0. The molecule has 2 aliphatic carbocycles. The second kappa shape index (κ2) is 5.37. The average molecular weight is 247 g/mol. The average Bonchev–Trinajstić information content (AvgIpc) is 2.18. The van der Waals surface area contributed by atoms with Crippen LogP contribution in [-0.4, -0.2) is 17.5 Å². The molecule has 0 saturated heterocycles. The first kappa shape index (κ1) is 13.8. The lowest BCUT2D eigenvalue weighted by atomic mass is 9.76. The number of rotatable bonds is 2. The Morgan fingerprint density at radius 2 is 1.81 bits per heavy atom. The molecule has 0 spiro atoms. The van der Waals surface area contributed by atoms with Crippen molar-refractivity contribution in [2.45, 2.75) is 63.5 Å². The van der Waals surface area contributed by atoms with Crippen LogP contribution in [0.15, 0.2) is 0 Å². The maximum absolute atomic E-state index is 11.9. The molecule has 0 aliphatic heterocycles. The summed E-state index contributed by atoms with van der Waals surface area (Å²) in [6.45, 7) is 2.29. The molecule has 4 heteroatoms. The first-order chi connectivity index (χ1) is 7.10. The van der Waals surface area contributed by atoms with E-state index < -0.39 is 5.54 Å². The van der Waals surface area contributed by atoms with Gasteiger partial charge in [-0.1, -0.05) is 6.92 Å². The standard InChI is InChI=1S/C12H22N2O.ClH/c1-9-3-5-10(6-4-9)14-11(15)12(13)7-2-8-12;/h9-10H,2-8,13H2,1H3,(H,14,15);1H. The van der Waals surface area contributed by atoms with E-state index in [1.807, 2.05) is 0 Å². The maximum atomic E-state index is 11.9. The lowest BCUT2D eigenvalue weighted by molar-refractivity contribution is -0.130. The second-order valence-electron chi connectivity index (χ2n) is 5.44. The quantitative estimate of drug-likeness (QED) is 0.783. The number of carbonyl (C=O) groups is 1. The lowest BCUT2D eigenvalue weighted by Gasteiger charge is -2.38. The van der Waals surface area contributed by atoms with Crippen molar-refractivity contribution in [3.05, 3.63) is 0 Å². The Kier molecular flexibility index (Phi) is 4.62. The van der Waals surface area contributed by atoms with Crippen molar-refractivity contribution in [3.63, 3.8) is 0 Å². The van der Waals surface area contributed by atoms with E-state index >= 15 is 0 Å². The first-order valence-electron chi connectivity index (χ1n) is 6.20. The molecule has 2 rings (SSSR count). The molecular formula is C12H23ClN2O. The fourth-order valence-electron chi connectivity index (χ4n) is 2.52. The molecule has 94 valence electrons. The number of halogens is 1. The normalized spacial score (nSPS) is 32.1. The third-order valence-corrected chi connectivity index (χ3v) is 4.05. The second-order valence-corrected chi connectivity index (χ2v) is 5.44. The summed E-state index contributed by atoms with van der Waals surface area (Å²) in [5.74, 6) is 0.919. The minimum atomic E-state index is -0.525. The Bertz CT molecular complexity index is 245. The summed E-state index contributed by atoms with van der Waals surface area (Å²) >= 11 is 0. The highest BCUT2D eigenvalue weighted by Gasteiger charge is 2.40. The minimum Gasteiger partial charge on any atom is -0.352 e. The van der Waals surface area contributed by atoms with Gasteiger partial charge in [0.2, 0.25) is 5.91 Å². The number of hydrogen-bond donors (Lipinski definition) is 2. The zero-order valence-corrected chi connectivity index (χ0v) is 10.8. The number of hydrogen-bond acceptors (Lipinski definition) is 2. The number of nitrogens with one attached hydrogen (secondary N) is 1. The molecule has 0 unspecified atom stereocenters. The van der Waals surface area contributed by atoms with Gasteiger partial charge in [0.25, 0.3) is 0 Å². The van der Waals surface area contributed by atoms with Gasteiger partial charge in [0.1, 0.15) is 0 Å². The van der Waals surface area contributed by atoms with Gasteiger partial charge < -0.3 is 11.1 Å². The van der Waals surface area contributed by atoms with Crippen LogP contribution in [-0.2, 0) is 4.79 Å². The number of amides is 1. The van der Waals surface area contributed by atoms with Crippen molar-refractivity contribution in [1.29, 1.82) is 0 Å². The molecule has 2 saturated carbocycles. The van der Waals surface area contributed by atoms with Gasteiger partial charge in [-0.3, -0.25) is 4.79 Å². The van der Waals surface area contributed by atoms with Crippen LogP contribution in [0.5, 0.6) is 0 Å². The SMILES string of the molecule is CC1CCC(NC(=O)C2(N)CCC2)CC1.Cl. The van der Waals surface area contributed by atoms with Crippen molar-refractivity contribution in [3.8, 4) is 0 Å². The Morgan fingerprint density at radius 1 is 1.25 bits per heavy atom. The van der Waals surface area contributed by atoms with E-state index in [1.54, 1.807) is 0 Å². The van der Waals surface area contributed by atoms with E-state index in [1.165, 1.54) is 12.8 Å². The molecule has 16 heavy (non-hydrogen) atoms. The van der Waals surface area contributed by atoms with E-state index in [0.29, 0.717) is 6.04 Å². The van der Waals surface area contributed by atoms with Gasteiger partial charge in [-0.15, -0.1) is 12.4 Å². The maximum Gasteiger partial charge on any atom is 0.240 e. The number of nitrogens with two attached hydrogens (primary N) is 1. The van der Waals surface area contributed by atoms with Crippen molar-refractivity contribution >= 4 is 18.3 Å². The van der Waals surface area contributed by atoms with Gasteiger partial charge in [0.15, 0.2) is 0 Å². The van der Waals surface area contributed by atoms with Gasteiger partial charge >= 0.3 is 0 Å². The summed E-state index contributed by atoms with van der Waals surface area (Å²) in [4.78, 5) is 11.9. The highest BCUT2D eigenvalue weighted by atomic mass is 35.5. The largest absolute Gasteiger partial charge is 0.352 e. The zero-order valence-electron chi connectivity index (χ0n) is 10.00. The van der Waals surface area contributed by atoms with Gasteiger partial charge in [0, 0.05) is 6.04 Å². The fraction of sp³-hybridized carbons (Fsp3) is 0.917. The molecular weight excluding hydrogens is 224 g/mol. The van der Waals surface area contributed by atoms with Gasteiger partial charge in [-0.05, 0) is 50.9 Å². The summed E-state index contributed by atoms with van der Waals surface area (Å²) in [7, 11) is 0. The molecule has 3 N–H and O–H groups in total. The van der Waals surface area contributed by atoms with Crippen LogP contribution in [0.3, 0.4) is 0 Å². The van der Waals surface area contributed by atoms with E-state index in [-0.39, 0.29) is 18.3 Å². The summed E-state index contributed by atoms with van der Waals surface area (Å²) in [6.07, 6.45) is 7.56. The molecule has 0 aromatic heterocycles. The van der Waals surface area contributed by atoms with Crippen LogP contribution in [0.2, 0.25) is 0 Å². The van der Waals surface area contributed by atoms with E-state index in [2.05, 4.69) is 12.2 Å². The molecule has 1 amide bonds. The monoisotopic (exact) mass is 246 g/mol. The van der Waals surface area contributed by atoms with Crippen molar-refractivity contribution in [2.75, 3.05) is 0 Å². The van der Waals surface area contributed by atoms with Crippen LogP contribution in [0.4, 0.5) is 0 Å². The van der Waals surface area contributed by atoms with Crippen molar-refractivity contribution in [2.24, 2.45) is 11.7 Å². The molecule has 0 heterocycles. The predicted octanol–water partition coefficient (Wildman–Crippen LogP) is 1.98. The molecule has 2 aliphatic rings. The van der Waals surface area contributed by atoms with Gasteiger partial charge in [0.05, 0.1) is 5.54 Å². The predicted molar refractivity (Wildman–Crippen MR) is 67.6 cm³/mol. The molecule has 0 aromatic carbocycles. The van der Waals surface area contributed by atoms with Crippen LogP contribution < -0.4 is 11.1 Å². The Hall–Kier alpha value is -0.280. The van der Waals surface area contributed by atoms with E-state index in [9.17, 15) is 4.79 Å². The number of carbonyl (C=O) groups excluding carboxylic acids is 1.